The molecule has 5 heteroatoms. The lowest BCUT2D eigenvalue weighted by Gasteiger charge is -2.23. The summed E-state index contributed by atoms with van der Waals surface area (Å²) in [5.74, 6) is 0.305. The summed E-state index contributed by atoms with van der Waals surface area (Å²) in [6, 6.07) is 6.40. The van der Waals surface area contributed by atoms with Crippen molar-refractivity contribution in [3.8, 4) is 0 Å². The lowest BCUT2D eigenvalue weighted by molar-refractivity contribution is -0.117. The van der Waals surface area contributed by atoms with Gasteiger partial charge in [0.15, 0.2) is 0 Å². The molecule has 1 amide bonds. The molecule has 2 aliphatic heterocycles. The van der Waals surface area contributed by atoms with Crippen LogP contribution in [-0.2, 0) is 11.3 Å². The fourth-order valence-electron chi connectivity index (χ4n) is 3.74. The van der Waals surface area contributed by atoms with E-state index in [0.717, 1.165) is 37.6 Å². The molecular weight excluding hydrogens is 312 g/mol. The van der Waals surface area contributed by atoms with Crippen LogP contribution in [0.1, 0.15) is 23.3 Å². The van der Waals surface area contributed by atoms with Crippen LogP contribution in [0.25, 0.3) is 0 Å². The van der Waals surface area contributed by atoms with Gasteiger partial charge in [-0.05, 0) is 54.4 Å². The lowest BCUT2D eigenvalue weighted by atomic mass is 9.86. The van der Waals surface area contributed by atoms with Crippen LogP contribution in [0.3, 0.4) is 0 Å². The highest BCUT2D eigenvalue weighted by Gasteiger charge is 2.47. The third-order valence-corrected chi connectivity index (χ3v) is 6.57. The van der Waals surface area contributed by atoms with Crippen LogP contribution in [0.5, 0.6) is 0 Å². The maximum Gasteiger partial charge on any atom is 0.228 e. The monoisotopic (exact) mass is 332 g/mol. The van der Waals surface area contributed by atoms with Crippen molar-refractivity contribution in [3.63, 3.8) is 0 Å². The zero-order valence-electron chi connectivity index (χ0n) is 12.7. The Kier molecular flexibility index (Phi) is 3.59. The predicted molar refractivity (Wildman–Crippen MR) is 92.7 cm³/mol. The molecule has 4 rings (SSSR count). The van der Waals surface area contributed by atoms with Crippen molar-refractivity contribution in [1.82, 2.24) is 4.90 Å². The Balaban J connectivity index is 1.46. The van der Waals surface area contributed by atoms with Gasteiger partial charge in [0.1, 0.15) is 0 Å². The summed E-state index contributed by atoms with van der Waals surface area (Å²) in [5.41, 5.74) is 1.57. The summed E-state index contributed by atoms with van der Waals surface area (Å²) in [7, 11) is 0. The molecular formula is C17H20N2OS2. The maximum atomic E-state index is 12.5. The minimum atomic E-state index is 0.172. The smallest absolute Gasteiger partial charge is 0.228 e. The molecule has 0 saturated carbocycles. The molecule has 0 unspecified atom stereocenters. The number of carbonyl (C=O) groups excluding carboxylic acids is 1. The van der Waals surface area contributed by atoms with Gasteiger partial charge in [0.05, 0.1) is 5.00 Å². The van der Waals surface area contributed by atoms with E-state index in [9.17, 15) is 4.79 Å². The van der Waals surface area contributed by atoms with Gasteiger partial charge in [0.25, 0.3) is 0 Å². The number of aryl methyl sites for hydroxylation is 1. The first kappa shape index (κ1) is 14.4. The van der Waals surface area contributed by atoms with Crippen molar-refractivity contribution in [3.05, 3.63) is 39.4 Å². The van der Waals surface area contributed by atoms with E-state index in [1.807, 2.05) is 4.90 Å². The van der Waals surface area contributed by atoms with Crippen molar-refractivity contribution in [1.29, 1.82) is 0 Å². The molecule has 1 spiro atoms. The van der Waals surface area contributed by atoms with Gasteiger partial charge in [0.2, 0.25) is 5.91 Å². The molecule has 2 aliphatic rings. The summed E-state index contributed by atoms with van der Waals surface area (Å²) in [4.78, 5) is 18.3. The topological polar surface area (TPSA) is 23.6 Å². The van der Waals surface area contributed by atoms with E-state index in [-0.39, 0.29) is 5.41 Å². The largest absolute Gasteiger partial charge is 0.303 e. The first-order valence-corrected chi connectivity index (χ1v) is 9.50. The molecule has 1 atom stereocenters. The Labute approximate surface area is 139 Å². The fraction of sp³-hybridized carbons (Fsp3) is 0.471. The summed E-state index contributed by atoms with van der Waals surface area (Å²) in [6.45, 7) is 6.18. The van der Waals surface area contributed by atoms with Gasteiger partial charge in [0, 0.05) is 36.3 Å². The predicted octanol–water partition coefficient (Wildman–Crippen LogP) is 3.75. The number of likely N-dealkylation sites (tertiary alicyclic amines) is 1. The highest BCUT2D eigenvalue weighted by molar-refractivity contribution is 7.16. The molecule has 0 bridgehead atoms. The third kappa shape index (κ3) is 2.62. The zero-order valence-corrected chi connectivity index (χ0v) is 14.4. The molecule has 2 fully saturated rings. The first-order chi connectivity index (χ1) is 10.6. The molecule has 22 heavy (non-hydrogen) atoms. The lowest BCUT2D eigenvalue weighted by Crippen LogP contribution is -2.30. The van der Waals surface area contributed by atoms with Crippen LogP contribution in [0.15, 0.2) is 29.0 Å². The van der Waals surface area contributed by atoms with Crippen LogP contribution in [0, 0.1) is 12.3 Å². The number of thiophene rings is 2. The standard InChI is InChI=1S/C17H20N2OS2/c1-13-2-3-16(22-13)19-12-17(8-15(19)20)5-6-18(11-17)9-14-4-7-21-10-14/h2-4,7,10H,5-6,8-9,11-12H2,1H3/t17-/m0/s1. The van der Waals surface area contributed by atoms with Gasteiger partial charge in [-0.2, -0.15) is 11.3 Å². The highest BCUT2D eigenvalue weighted by atomic mass is 32.1. The Hall–Kier alpha value is -1.17. The van der Waals surface area contributed by atoms with Crippen molar-refractivity contribution in [2.75, 3.05) is 24.5 Å². The van der Waals surface area contributed by atoms with Crippen LogP contribution in [-0.4, -0.2) is 30.4 Å². The Morgan fingerprint density at radius 2 is 2.18 bits per heavy atom. The van der Waals surface area contributed by atoms with Crippen molar-refractivity contribution in [2.24, 2.45) is 5.41 Å². The Morgan fingerprint density at radius 3 is 2.91 bits per heavy atom. The van der Waals surface area contributed by atoms with E-state index in [0.29, 0.717) is 12.3 Å². The third-order valence-electron chi connectivity index (χ3n) is 4.82. The number of hydrogen-bond acceptors (Lipinski definition) is 4. The van der Waals surface area contributed by atoms with E-state index in [1.165, 1.54) is 10.4 Å². The molecule has 2 saturated heterocycles. The quantitative estimate of drug-likeness (QED) is 0.855. The molecule has 3 nitrogen and oxygen atoms in total. The second kappa shape index (κ2) is 5.48. The van der Waals surface area contributed by atoms with E-state index >= 15 is 0 Å². The van der Waals surface area contributed by atoms with Gasteiger partial charge in [-0.25, -0.2) is 0 Å². The summed E-state index contributed by atoms with van der Waals surface area (Å²) in [6.07, 6.45) is 1.85. The molecule has 4 heterocycles. The number of anilines is 1. The zero-order chi connectivity index (χ0) is 15.2. The van der Waals surface area contributed by atoms with E-state index in [1.54, 1.807) is 22.7 Å². The Bertz CT molecular complexity index is 679. The van der Waals surface area contributed by atoms with E-state index < -0.39 is 0 Å². The molecule has 2 aromatic heterocycles. The van der Waals surface area contributed by atoms with Crippen LogP contribution in [0.2, 0.25) is 0 Å². The number of rotatable bonds is 3. The second-order valence-corrected chi connectivity index (χ2v) is 8.68. The minimum absolute atomic E-state index is 0.172. The van der Waals surface area contributed by atoms with E-state index in [4.69, 9.17) is 0 Å². The van der Waals surface area contributed by atoms with Crippen LogP contribution in [0.4, 0.5) is 5.00 Å². The van der Waals surface area contributed by atoms with Crippen molar-refractivity contribution < 1.29 is 4.79 Å². The molecule has 0 aliphatic carbocycles. The molecule has 0 radical (unpaired) electrons. The second-order valence-electron chi connectivity index (χ2n) is 6.63. The normalized spacial score (nSPS) is 25.7. The van der Waals surface area contributed by atoms with Crippen LogP contribution < -0.4 is 4.90 Å². The van der Waals surface area contributed by atoms with Crippen LogP contribution >= 0.6 is 22.7 Å². The maximum absolute atomic E-state index is 12.5. The molecule has 2 aromatic rings. The van der Waals surface area contributed by atoms with Gasteiger partial charge < -0.3 is 4.90 Å². The van der Waals surface area contributed by atoms with Gasteiger partial charge >= 0.3 is 0 Å². The number of hydrogen-bond donors (Lipinski definition) is 0. The van der Waals surface area contributed by atoms with Gasteiger partial charge in [-0.3, -0.25) is 9.69 Å². The highest BCUT2D eigenvalue weighted by Crippen LogP contribution is 2.43. The SMILES string of the molecule is Cc1ccc(N2C[C@@]3(CCN(Cc4ccsc4)C3)CC2=O)s1. The van der Waals surface area contributed by atoms with Gasteiger partial charge in [-0.15, -0.1) is 11.3 Å². The summed E-state index contributed by atoms with van der Waals surface area (Å²) < 4.78 is 0. The van der Waals surface area contributed by atoms with Crippen molar-refractivity contribution in [2.45, 2.75) is 26.3 Å². The summed E-state index contributed by atoms with van der Waals surface area (Å²) in [5, 5.41) is 5.49. The molecule has 0 aromatic carbocycles. The number of nitrogens with zero attached hydrogens (tertiary/aromatic N) is 2. The van der Waals surface area contributed by atoms with Crippen molar-refractivity contribution >= 4 is 33.6 Å². The fourth-order valence-corrected chi connectivity index (χ4v) is 5.28. The first-order valence-electron chi connectivity index (χ1n) is 7.74. The molecule has 0 N–H and O–H groups in total. The van der Waals surface area contributed by atoms with Gasteiger partial charge in [-0.1, -0.05) is 0 Å². The van der Waals surface area contributed by atoms with E-state index in [2.05, 4.69) is 40.8 Å². The minimum Gasteiger partial charge on any atom is -0.303 e. The average molecular weight is 332 g/mol. The Morgan fingerprint density at radius 1 is 1.27 bits per heavy atom. The summed E-state index contributed by atoms with van der Waals surface area (Å²) >= 11 is 3.49. The number of amides is 1. The number of carbonyl (C=O) groups is 1. The molecule has 116 valence electrons. The average Bonchev–Trinajstić information content (AvgIpc) is 3.22.